The van der Waals surface area contributed by atoms with Crippen molar-refractivity contribution in [3.8, 4) is 11.5 Å². The summed E-state index contributed by atoms with van der Waals surface area (Å²) in [5, 5.41) is 29.8. The van der Waals surface area contributed by atoms with Gasteiger partial charge in [-0.25, -0.2) is 0 Å². The Hall–Kier alpha value is 0.924. The van der Waals surface area contributed by atoms with Crippen LogP contribution in [0, 0.1) is 0 Å². The molecule has 0 aromatic heterocycles. The van der Waals surface area contributed by atoms with Crippen molar-refractivity contribution in [2.75, 3.05) is 0 Å². The zero-order valence-electron chi connectivity index (χ0n) is 39.3. The van der Waals surface area contributed by atoms with Crippen LogP contribution in [0.4, 0.5) is 0 Å². The molecule has 4 rings (SSSR count). The molecule has 1 saturated carbocycles. The fraction of sp³-hybridized carbons (Fsp3) is 0.727. The molecule has 2 aromatic rings. The molecule has 4 atom stereocenters. The number of rotatable bonds is 10. The average molecular weight is 969 g/mol. The van der Waals surface area contributed by atoms with Crippen molar-refractivity contribution in [2.45, 2.75) is 205 Å². The Balaban J connectivity index is 2.00. The van der Waals surface area contributed by atoms with Gasteiger partial charge in [0.05, 0.1) is 0 Å². The van der Waals surface area contributed by atoms with Gasteiger partial charge in [-0.15, -0.1) is 0 Å². The molecule has 1 heterocycles. The number of fused-ring (bicyclic) bond motifs is 1. The van der Waals surface area contributed by atoms with Gasteiger partial charge in [-0.2, -0.15) is 0 Å². The summed E-state index contributed by atoms with van der Waals surface area (Å²) in [6.07, 6.45) is 8.30. The molecule has 2 N–H and O–H groups in total. The van der Waals surface area contributed by atoms with Gasteiger partial charge in [0.25, 0.3) is 0 Å². The zero-order valence-corrected chi connectivity index (χ0v) is 49.4. The van der Waals surface area contributed by atoms with Gasteiger partial charge >= 0.3 is 361 Å². The molecule has 0 spiro atoms. The van der Waals surface area contributed by atoms with E-state index in [1.807, 2.05) is 0 Å². The number of phenols is 2. The van der Waals surface area contributed by atoms with Crippen molar-refractivity contribution in [3.05, 3.63) is 46.5 Å². The van der Waals surface area contributed by atoms with E-state index in [-0.39, 0.29) is 10.8 Å². The molecular formula is C44H84O2S2Si6Zr. The summed E-state index contributed by atoms with van der Waals surface area (Å²) in [5.74, 6) is 3.65. The number of hydrogen-bond acceptors (Lipinski definition) is 2. The number of aromatic hydroxyl groups is 2. The molecule has 55 heavy (non-hydrogen) atoms. The second kappa shape index (κ2) is 16.7. The van der Waals surface area contributed by atoms with E-state index in [1.165, 1.54) is 71.2 Å². The van der Waals surface area contributed by atoms with Crippen LogP contribution in [0.25, 0.3) is 0 Å². The summed E-state index contributed by atoms with van der Waals surface area (Å²) in [6.45, 7) is 50.9. The normalized spacial score (nSPS) is 22.4. The van der Waals surface area contributed by atoms with Gasteiger partial charge in [0.2, 0.25) is 0 Å². The van der Waals surface area contributed by atoms with Gasteiger partial charge in [0.15, 0.2) is 0 Å². The van der Waals surface area contributed by atoms with E-state index in [2.05, 4.69) is 157 Å². The fourth-order valence-electron chi connectivity index (χ4n) is 10.0. The molecule has 1 fully saturated rings. The van der Waals surface area contributed by atoms with Crippen LogP contribution >= 0.6 is 14.2 Å². The molecule has 2 aliphatic rings. The molecule has 1 aliphatic carbocycles. The Labute approximate surface area is 357 Å². The van der Waals surface area contributed by atoms with Crippen molar-refractivity contribution >= 4 is 69.2 Å². The minimum atomic E-state index is -1.93. The van der Waals surface area contributed by atoms with Crippen LogP contribution in [0.1, 0.15) is 102 Å². The van der Waals surface area contributed by atoms with Crippen LogP contribution in [0.3, 0.4) is 0 Å². The standard InChI is InChI=1S/C44H84O2S2Si6.Zr/c1-43(2,3)35-27-33(41(45)39(29-35)53(19,49(7,8)9)50(10,11)12)31-47-37-25-23-21-22-24-26-38(37)48-32-34-28-36(44(4,5)6)30-40(42(34)46)54(20,51(13,14)15)52(16,17)18;/h27-30,37-38,45-46H,21-26,31-32H2,1-20H3;/t37-,38?;/m0./s1. The fourth-order valence-corrected chi connectivity index (χ4v) is 115. The predicted molar refractivity (Wildman–Crippen MR) is 267 cm³/mol. The molecule has 0 saturated heterocycles. The summed E-state index contributed by atoms with van der Waals surface area (Å²) in [7, 11) is -9.46. The molecule has 0 amide bonds. The van der Waals surface area contributed by atoms with Crippen molar-refractivity contribution < 1.29 is 29.4 Å². The number of benzene rings is 2. The number of phenolic OH excluding ortho intramolecular Hbond substituents is 2. The van der Waals surface area contributed by atoms with E-state index < -0.39 is 63.7 Å². The zero-order chi connectivity index (χ0) is 42.1. The Kier molecular flexibility index (Phi) is 14.7. The second-order valence-electron chi connectivity index (χ2n) is 24.1. The van der Waals surface area contributed by atoms with E-state index in [1.54, 1.807) is 0 Å². The summed E-state index contributed by atoms with van der Waals surface area (Å²) < 4.78 is 0. The van der Waals surface area contributed by atoms with Crippen molar-refractivity contribution in [3.63, 3.8) is 0 Å². The molecule has 312 valence electrons. The molecular weight excluding hydrogens is 884 g/mol. The maximum atomic E-state index is 12.7. The molecule has 0 bridgehead atoms. The van der Waals surface area contributed by atoms with Crippen LogP contribution in [0.5, 0.6) is 11.5 Å². The number of hydrogen-bond donors (Lipinski definition) is 2. The SMILES string of the molecule is CC(C)(C)c1cc(C[S]2=[Zr]=[S](Cc3cc(C(C)(C)C)cc([Si](C)([Si](C)(C)C)[Si](C)(C)C)c3O)[C@H]3CCCCCCC32)c(O)c([Si](C)([Si](C)(C)C)[Si](C)(C)C)c1. The third-order valence-electron chi connectivity index (χ3n) is 14.9. The van der Waals surface area contributed by atoms with Gasteiger partial charge in [0.1, 0.15) is 0 Å². The van der Waals surface area contributed by atoms with Gasteiger partial charge in [0, 0.05) is 0 Å². The van der Waals surface area contributed by atoms with Crippen LogP contribution in [0.2, 0.25) is 91.7 Å². The van der Waals surface area contributed by atoms with E-state index >= 15 is 0 Å². The van der Waals surface area contributed by atoms with Gasteiger partial charge in [-0.05, 0) is 0 Å². The van der Waals surface area contributed by atoms with Gasteiger partial charge in [-0.1, -0.05) is 0 Å². The van der Waals surface area contributed by atoms with Crippen LogP contribution in [0.15, 0.2) is 24.3 Å². The summed E-state index contributed by atoms with van der Waals surface area (Å²) in [6, 6.07) is 9.99. The molecule has 1 aliphatic heterocycles. The second-order valence-corrected chi connectivity index (χ2v) is 96.3. The molecule has 3 unspecified atom stereocenters. The van der Waals surface area contributed by atoms with E-state index in [9.17, 15) is 10.2 Å². The van der Waals surface area contributed by atoms with Crippen molar-refractivity contribution in [1.29, 1.82) is 0 Å². The average Bonchev–Trinajstić information content (AvgIpc) is 3.28. The molecule has 0 radical (unpaired) electrons. The van der Waals surface area contributed by atoms with Crippen LogP contribution < -0.4 is 10.4 Å². The Bertz CT molecular complexity index is 1670. The Morgan fingerprint density at radius 2 is 0.800 bits per heavy atom. The third-order valence-corrected chi connectivity index (χ3v) is 118. The first-order valence-electron chi connectivity index (χ1n) is 21.6. The van der Waals surface area contributed by atoms with E-state index in [4.69, 9.17) is 0 Å². The first-order chi connectivity index (χ1) is 24.7. The predicted octanol–water partition coefficient (Wildman–Crippen LogP) is 13.2. The van der Waals surface area contributed by atoms with Gasteiger partial charge in [-0.3, -0.25) is 0 Å². The van der Waals surface area contributed by atoms with Crippen molar-refractivity contribution in [1.82, 2.24) is 0 Å². The molecule has 2 nitrogen and oxygen atoms in total. The van der Waals surface area contributed by atoms with Gasteiger partial charge < -0.3 is 0 Å². The quantitative estimate of drug-likeness (QED) is 0.233. The summed E-state index contributed by atoms with van der Waals surface area (Å²) >= 11 is -0.848. The van der Waals surface area contributed by atoms with Crippen molar-refractivity contribution in [2.24, 2.45) is 0 Å². The van der Waals surface area contributed by atoms with Crippen LogP contribution in [-0.2, 0) is 41.5 Å². The third kappa shape index (κ3) is 9.70. The molecule has 2 aromatic carbocycles. The summed E-state index contributed by atoms with van der Waals surface area (Å²) in [4.78, 5) is 0. The summed E-state index contributed by atoms with van der Waals surface area (Å²) in [5.41, 5.74) is 5.60. The maximum absolute atomic E-state index is 12.7. The first-order valence-corrected chi connectivity index (χ1v) is 53.5. The first kappa shape index (κ1) is 48.6. The topological polar surface area (TPSA) is 40.5 Å². The Morgan fingerprint density at radius 3 is 1.05 bits per heavy atom. The minimum absolute atomic E-state index is 0.0498. The van der Waals surface area contributed by atoms with Crippen LogP contribution in [-0.4, -0.2) is 65.3 Å². The van der Waals surface area contributed by atoms with E-state index in [0.29, 0.717) is 14.2 Å². The molecule has 11 heteroatoms. The van der Waals surface area contributed by atoms with E-state index in [0.717, 1.165) is 33.5 Å². The monoisotopic (exact) mass is 966 g/mol. The Morgan fingerprint density at radius 1 is 0.509 bits per heavy atom.